The fraction of sp³-hybridized carbons (Fsp3) is 0.727. The third-order valence-corrected chi connectivity index (χ3v) is 2.49. The van der Waals surface area contributed by atoms with E-state index in [0.717, 1.165) is 19.4 Å². The van der Waals surface area contributed by atoms with Crippen molar-refractivity contribution in [3.63, 3.8) is 0 Å². The summed E-state index contributed by atoms with van der Waals surface area (Å²) in [5.41, 5.74) is 6.74. The predicted octanol–water partition coefficient (Wildman–Crippen LogP) is 1.99. The summed E-state index contributed by atoms with van der Waals surface area (Å²) < 4.78 is 2.00. The van der Waals surface area contributed by atoms with Gasteiger partial charge in [-0.25, -0.2) is 0 Å². The number of aromatic nitrogens is 2. The molecule has 0 aliphatic rings. The molecule has 0 radical (unpaired) electrons. The van der Waals surface area contributed by atoms with Gasteiger partial charge in [0.1, 0.15) is 0 Å². The molecule has 3 heteroatoms. The molecule has 3 nitrogen and oxygen atoms in total. The van der Waals surface area contributed by atoms with Gasteiger partial charge in [-0.15, -0.1) is 0 Å². The number of rotatable bonds is 5. The van der Waals surface area contributed by atoms with Gasteiger partial charge in [-0.2, -0.15) is 5.10 Å². The number of hydrogen-bond acceptors (Lipinski definition) is 2. The molecule has 1 aromatic heterocycles. The zero-order valence-electron chi connectivity index (χ0n) is 9.40. The zero-order chi connectivity index (χ0) is 10.6. The Morgan fingerprint density at radius 2 is 2.14 bits per heavy atom. The Labute approximate surface area is 86.3 Å². The van der Waals surface area contributed by atoms with E-state index in [1.165, 1.54) is 5.69 Å². The fourth-order valence-electron chi connectivity index (χ4n) is 1.31. The van der Waals surface area contributed by atoms with Gasteiger partial charge in [-0.1, -0.05) is 6.92 Å². The van der Waals surface area contributed by atoms with E-state index in [0.29, 0.717) is 12.0 Å². The summed E-state index contributed by atoms with van der Waals surface area (Å²) in [6, 6.07) is 2.55. The summed E-state index contributed by atoms with van der Waals surface area (Å²) in [6.45, 7) is 7.23. The van der Waals surface area contributed by atoms with Gasteiger partial charge in [0, 0.05) is 12.2 Å². The Hall–Kier alpha value is -0.830. The van der Waals surface area contributed by atoms with Gasteiger partial charge < -0.3 is 5.73 Å². The van der Waals surface area contributed by atoms with E-state index in [1.54, 1.807) is 0 Å². The van der Waals surface area contributed by atoms with Gasteiger partial charge in [0.05, 0.1) is 5.69 Å². The molecule has 0 spiro atoms. The molecule has 1 unspecified atom stereocenters. The molecule has 0 saturated carbocycles. The molecule has 1 heterocycles. The smallest absolute Gasteiger partial charge is 0.0624 e. The average Bonchev–Trinajstić information content (AvgIpc) is 2.62. The van der Waals surface area contributed by atoms with Crippen molar-refractivity contribution in [2.45, 2.75) is 39.7 Å². The van der Waals surface area contributed by atoms with E-state index in [2.05, 4.69) is 31.9 Å². The summed E-state index contributed by atoms with van der Waals surface area (Å²) in [6.07, 6.45) is 4.22. The van der Waals surface area contributed by atoms with Crippen LogP contribution in [-0.4, -0.2) is 16.3 Å². The number of nitrogens with two attached hydrogens (primary N) is 1. The van der Waals surface area contributed by atoms with Crippen LogP contribution in [-0.2, 0) is 6.42 Å². The molecule has 1 aromatic rings. The van der Waals surface area contributed by atoms with Crippen LogP contribution in [0.4, 0.5) is 0 Å². The first kappa shape index (κ1) is 11.2. The van der Waals surface area contributed by atoms with Crippen LogP contribution in [0.2, 0.25) is 0 Å². The van der Waals surface area contributed by atoms with Gasteiger partial charge in [0.2, 0.25) is 0 Å². The maximum atomic E-state index is 5.56. The van der Waals surface area contributed by atoms with E-state index in [9.17, 15) is 0 Å². The molecular weight excluding hydrogens is 174 g/mol. The van der Waals surface area contributed by atoms with Crippen LogP contribution in [0, 0.1) is 5.92 Å². The quantitative estimate of drug-likeness (QED) is 0.781. The Morgan fingerprint density at radius 3 is 2.64 bits per heavy atom. The minimum absolute atomic E-state index is 0.454. The third-order valence-electron chi connectivity index (χ3n) is 2.49. The minimum Gasteiger partial charge on any atom is -0.330 e. The highest BCUT2D eigenvalue weighted by atomic mass is 15.3. The summed E-state index contributed by atoms with van der Waals surface area (Å²) in [5, 5.41) is 4.49. The van der Waals surface area contributed by atoms with Gasteiger partial charge in [0.15, 0.2) is 0 Å². The van der Waals surface area contributed by atoms with E-state index in [4.69, 9.17) is 5.73 Å². The highest BCUT2D eigenvalue weighted by molar-refractivity contribution is 4.99. The minimum atomic E-state index is 0.454. The Kier molecular flexibility index (Phi) is 4.14. The van der Waals surface area contributed by atoms with E-state index < -0.39 is 0 Å². The molecular formula is C11H21N3. The molecule has 0 aliphatic heterocycles. The topological polar surface area (TPSA) is 43.8 Å². The normalized spacial score (nSPS) is 13.5. The van der Waals surface area contributed by atoms with Crippen molar-refractivity contribution in [3.8, 4) is 0 Å². The lowest BCUT2D eigenvalue weighted by Crippen LogP contribution is -2.11. The fourth-order valence-corrected chi connectivity index (χ4v) is 1.31. The monoisotopic (exact) mass is 195 g/mol. The molecule has 14 heavy (non-hydrogen) atoms. The molecule has 0 amide bonds. The van der Waals surface area contributed by atoms with E-state index >= 15 is 0 Å². The van der Waals surface area contributed by atoms with E-state index in [1.807, 2.05) is 10.9 Å². The lowest BCUT2D eigenvalue weighted by atomic mass is 10.1. The molecule has 0 aliphatic carbocycles. The lowest BCUT2D eigenvalue weighted by Gasteiger charge is -2.06. The molecule has 1 rings (SSSR count). The largest absolute Gasteiger partial charge is 0.330 e. The molecule has 0 fully saturated rings. The Morgan fingerprint density at radius 1 is 1.43 bits per heavy atom. The molecule has 0 saturated heterocycles. The van der Waals surface area contributed by atoms with Crippen molar-refractivity contribution < 1.29 is 0 Å². The zero-order valence-corrected chi connectivity index (χ0v) is 9.40. The molecule has 2 N–H and O–H groups in total. The average molecular weight is 195 g/mol. The van der Waals surface area contributed by atoms with Crippen LogP contribution >= 0.6 is 0 Å². The van der Waals surface area contributed by atoms with Crippen molar-refractivity contribution in [3.05, 3.63) is 18.0 Å². The Balaban J connectivity index is 2.44. The van der Waals surface area contributed by atoms with Crippen LogP contribution in [0.1, 0.15) is 38.9 Å². The maximum absolute atomic E-state index is 5.56. The van der Waals surface area contributed by atoms with Crippen LogP contribution in [0.25, 0.3) is 0 Å². The van der Waals surface area contributed by atoms with Gasteiger partial charge in [-0.3, -0.25) is 4.68 Å². The SMILES string of the molecule is CC(CN)CCc1ccn(C(C)C)n1. The number of hydrogen-bond donors (Lipinski definition) is 1. The van der Waals surface area contributed by atoms with Crippen molar-refractivity contribution in [1.82, 2.24) is 9.78 Å². The standard InChI is InChI=1S/C11H21N3/c1-9(2)14-7-6-11(13-14)5-4-10(3)8-12/h6-7,9-10H,4-5,8,12H2,1-3H3. The first-order valence-electron chi connectivity index (χ1n) is 5.37. The molecule has 1 atom stereocenters. The van der Waals surface area contributed by atoms with Crippen LogP contribution < -0.4 is 5.73 Å². The van der Waals surface area contributed by atoms with E-state index in [-0.39, 0.29) is 0 Å². The summed E-state index contributed by atoms with van der Waals surface area (Å²) in [7, 11) is 0. The molecule has 80 valence electrons. The molecule has 0 bridgehead atoms. The Bertz CT molecular complexity index is 265. The highest BCUT2D eigenvalue weighted by Gasteiger charge is 2.04. The number of nitrogens with zero attached hydrogens (tertiary/aromatic N) is 2. The van der Waals surface area contributed by atoms with Gasteiger partial charge >= 0.3 is 0 Å². The summed E-state index contributed by atoms with van der Waals surface area (Å²) in [5.74, 6) is 0.596. The second-order valence-corrected chi connectivity index (χ2v) is 4.26. The predicted molar refractivity (Wildman–Crippen MR) is 59.2 cm³/mol. The van der Waals surface area contributed by atoms with Crippen molar-refractivity contribution in [2.24, 2.45) is 11.7 Å². The van der Waals surface area contributed by atoms with Crippen LogP contribution in [0.15, 0.2) is 12.3 Å². The number of aryl methyl sites for hydroxylation is 1. The third kappa shape index (κ3) is 3.14. The van der Waals surface area contributed by atoms with Crippen molar-refractivity contribution in [2.75, 3.05) is 6.54 Å². The first-order chi connectivity index (χ1) is 6.63. The first-order valence-corrected chi connectivity index (χ1v) is 5.37. The second-order valence-electron chi connectivity index (χ2n) is 4.26. The maximum Gasteiger partial charge on any atom is 0.0624 e. The van der Waals surface area contributed by atoms with Crippen LogP contribution in [0.5, 0.6) is 0 Å². The summed E-state index contributed by atoms with van der Waals surface area (Å²) >= 11 is 0. The van der Waals surface area contributed by atoms with Crippen molar-refractivity contribution in [1.29, 1.82) is 0 Å². The lowest BCUT2D eigenvalue weighted by molar-refractivity contribution is 0.510. The van der Waals surface area contributed by atoms with Gasteiger partial charge in [0.25, 0.3) is 0 Å². The van der Waals surface area contributed by atoms with Crippen molar-refractivity contribution >= 4 is 0 Å². The van der Waals surface area contributed by atoms with Gasteiger partial charge in [-0.05, 0) is 45.2 Å². The highest BCUT2D eigenvalue weighted by Crippen LogP contribution is 2.09. The summed E-state index contributed by atoms with van der Waals surface area (Å²) in [4.78, 5) is 0. The molecule has 0 aromatic carbocycles. The van der Waals surface area contributed by atoms with Crippen LogP contribution in [0.3, 0.4) is 0 Å². The second kappa shape index (κ2) is 5.15.